The number of carbonyl (C=O) groups is 2. The Morgan fingerprint density at radius 1 is 1.32 bits per heavy atom. The van der Waals surface area contributed by atoms with Gasteiger partial charge in [0.2, 0.25) is 5.91 Å². The Balaban J connectivity index is 2.46. The maximum absolute atomic E-state index is 13.4. The Labute approximate surface area is 126 Å². The molecule has 2 atom stereocenters. The van der Waals surface area contributed by atoms with Gasteiger partial charge in [0.15, 0.2) is 0 Å². The molecule has 0 aliphatic carbocycles. The van der Waals surface area contributed by atoms with Crippen LogP contribution in [0.4, 0.5) is 8.78 Å². The number of carboxylic acids is 1. The maximum atomic E-state index is 13.4. The van der Waals surface area contributed by atoms with E-state index in [9.17, 15) is 23.5 Å². The smallest absolute Gasteiger partial charge is 0.323 e. The van der Waals surface area contributed by atoms with Crippen LogP contribution in [0, 0.1) is 17.0 Å². The molecule has 1 aliphatic rings. The van der Waals surface area contributed by atoms with Crippen molar-refractivity contribution in [2.24, 2.45) is 5.41 Å². The molecule has 2 rings (SSSR count). The molecule has 1 saturated heterocycles. The van der Waals surface area contributed by atoms with Crippen molar-refractivity contribution in [1.29, 1.82) is 0 Å². The Bertz CT molecular complexity index is 597. The van der Waals surface area contributed by atoms with Crippen LogP contribution in [0.1, 0.15) is 31.9 Å². The van der Waals surface area contributed by atoms with Gasteiger partial charge < -0.3 is 15.1 Å². The van der Waals surface area contributed by atoms with Crippen molar-refractivity contribution in [3.8, 4) is 0 Å². The first kappa shape index (κ1) is 16.4. The Morgan fingerprint density at radius 2 is 1.86 bits per heavy atom. The van der Waals surface area contributed by atoms with Gasteiger partial charge in [-0.25, -0.2) is 8.78 Å². The molecule has 5 nitrogen and oxygen atoms in total. The fourth-order valence-corrected chi connectivity index (χ4v) is 2.70. The van der Waals surface area contributed by atoms with Crippen LogP contribution in [0.5, 0.6) is 0 Å². The highest BCUT2D eigenvalue weighted by molar-refractivity contribution is 5.87. The third kappa shape index (κ3) is 2.94. The predicted octanol–water partition coefficient (Wildman–Crippen LogP) is 1.71. The number of hydrogen-bond acceptors (Lipinski definition) is 3. The van der Waals surface area contributed by atoms with Crippen molar-refractivity contribution < 1.29 is 28.6 Å². The van der Waals surface area contributed by atoms with E-state index >= 15 is 0 Å². The van der Waals surface area contributed by atoms with Gasteiger partial charge in [-0.05, 0) is 38.0 Å². The standard InChI is InChI=1S/C15H17F2NO4/c1-15(2)12(19)6-11(18(14(15)22)7-13(20)21)8-3-9(16)5-10(17)4-8/h3-5,11-12,19H,6-7H2,1-2H3,(H,20,21)/t11-,12-/m1/s1. The second-order valence-electron chi connectivity index (χ2n) is 6.02. The summed E-state index contributed by atoms with van der Waals surface area (Å²) in [6.07, 6.45) is -1.03. The highest BCUT2D eigenvalue weighted by Crippen LogP contribution is 2.40. The summed E-state index contributed by atoms with van der Waals surface area (Å²) in [6.45, 7) is 2.42. The van der Waals surface area contributed by atoms with Gasteiger partial charge in [-0.15, -0.1) is 0 Å². The van der Waals surface area contributed by atoms with Crippen molar-refractivity contribution in [2.45, 2.75) is 32.4 Å². The van der Waals surface area contributed by atoms with Gasteiger partial charge >= 0.3 is 5.97 Å². The number of benzene rings is 1. The van der Waals surface area contributed by atoms with Gasteiger partial charge in [-0.3, -0.25) is 9.59 Å². The summed E-state index contributed by atoms with van der Waals surface area (Å²) in [5, 5.41) is 19.1. The lowest BCUT2D eigenvalue weighted by atomic mass is 9.76. The first-order chi connectivity index (χ1) is 10.1. The highest BCUT2D eigenvalue weighted by atomic mass is 19.1. The van der Waals surface area contributed by atoms with Gasteiger partial charge in [0.1, 0.15) is 18.2 Å². The van der Waals surface area contributed by atoms with E-state index in [1.807, 2.05) is 0 Å². The number of likely N-dealkylation sites (tertiary alicyclic amines) is 1. The molecule has 0 bridgehead atoms. The SMILES string of the molecule is CC1(C)C(=O)N(CC(=O)O)[C@@H](c2cc(F)cc(F)c2)C[C@H]1O. The normalized spacial score (nSPS) is 24.4. The van der Waals surface area contributed by atoms with E-state index in [1.54, 1.807) is 0 Å². The zero-order valence-electron chi connectivity index (χ0n) is 12.2. The third-order valence-electron chi connectivity index (χ3n) is 4.04. The number of aliphatic carboxylic acids is 1. The largest absolute Gasteiger partial charge is 0.480 e. The molecule has 22 heavy (non-hydrogen) atoms. The number of nitrogens with zero attached hydrogens (tertiary/aromatic N) is 1. The topological polar surface area (TPSA) is 77.8 Å². The van der Waals surface area contributed by atoms with Gasteiger partial charge in [-0.2, -0.15) is 0 Å². The number of rotatable bonds is 3. The number of carbonyl (C=O) groups excluding carboxylic acids is 1. The number of hydrogen-bond donors (Lipinski definition) is 2. The number of aliphatic hydroxyl groups excluding tert-OH is 1. The quantitative estimate of drug-likeness (QED) is 0.890. The van der Waals surface area contributed by atoms with E-state index in [4.69, 9.17) is 5.11 Å². The van der Waals surface area contributed by atoms with Crippen LogP contribution in [-0.2, 0) is 9.59 Å². The van der Waals surface area contributed by atoms with E-state index in [1.165, 1.54) is 13.8 Å². The Morgan fingerprint density at radius 3 is 2.36 bits per heavy atom. The predicted molar refractivity (Wildman–Crippen MR) is 72.9 cm³/mol. The van der Waals surface area contributed by atoms with Crippen LogP contribution in [-0.4, -0.2) is 39.6 Å². The molecular weight excluding hydrogens is 296 g/mol. The second kappa shape index (κ2) is 5.64. The minimum absolute atomic E-state index is 0.00884. The second-order valence-corrected chi connectivity index (χ2v) is 6.02. The lowest BCUT2D eigenvalue weighted by Gasteiger charge is -2.45. The van der Waals surface area contributed by atoms with E-state index in [0.29, 0.717) is 6.07 Å². The molecular formula is C15H17F2NO4. The number of aliphatic hydroxyl groups is 1. The van der Waals surface area contributed by atoms with E-state index in [0.717, 1.165) is 17.0 Å². The zero-order chi connectivity index (χ0) is 16.7. The summed E-state index contributed by atoms with van der Waals surface area (Å²) in [4.78, 5) is 24.5. The average Bonchev–Trinajstić information content (AvgIpc) is 2.38. The third-order valence-corrected chi connectivity index (χ3v) is 4.04. The number of halogens is 2. The molecule has 1 amide bonds. The van der Waals surface area contributed by atoms with Crippen LogP contribution in [0.2, 0.25) is 0 Å². The van der Waals surface area contributed by atoms with Crippen molar-refractivity contribution in [1.82, 2.24) is 4.90 Å². The lowest BCUT2D eigenvalue weighted by Crippen LogP contribution is -2.55. The summed E-state index contributed by atoms with van der Waals surface area (Å²) in [5.74, 6) is -3.44. The summed E-state index contributed by atoms with van der Waals surface area (Å²) in [7, 11) is 0. The average molecular weight is 313 g/mol. The fraction of sp³-hybridized carbons (Fsp3) is 0.467. The van der Waals surface area contributed by atoms with Crippen molar-refractivity contribution in [2.75, 3.05) is 6.54 Å². The fourth-order valence-electron chi connectivity index (χ4n) is 2.70. The summed E-state index contributed by atoms with van der Waals surface area (Å²) in [6, 6.07) is 1.88. The molecule has 2 N–H and O–H groups in total. The van der Waals surface area contributed by atoms with Crippen molar-refractivity contribution >= 4 is 11.9 Å². The van der Waals surface area contributed by atoms with Crippen LogP contribution < -0.4 is 0 Å². The van der Waals surface area contributed by atoms with Gasteiger partial charge in [0, 0.05) is 6.07 Å². The number of amides is 1. The van der Waals surface area contributed by atoms with Crippen molar-refractivity contribution in [3.63, 3.8) is 0 Å². The number of piperidine rings is 1. The molecule has 1 fully saturated rings. The van der Waals surface area contributed by atoms with Crippen LogP contribution in [0.25, 0.3) is 0 Å². The molecule has 0 radical (unpaired) electrons. The van der Waals surface area contributed by atoms with Crippen molar-refractivity contribution in [3.05, 3.63) is 35.4 Å². The summed E-state index contributed by atoms with van der Waals surface area (Å²) >= 11 is 0. The van der Waals surface area contributed by atoms with E-state index in [2.05, 4.69) is 0 Å². The van der Waals surface area contributed by atoms with Crippen LogP contribution in [0.3, 0.4) is 0 Å². The molecule has 1 aromatic rings. The van der Waals surface area contributed by atoms with Gasteiger partial charge in [0.25, 0.3) is 0 Å². The minimum Gasteiger partial charge on any atom is -0.480 e. The van der Waals surface area contributed by atoms with Gasteiger partial charge in [-0.1, -0.05) is 0 Å². The Hall–Kier alpha value is -2.02. The Kier molecular flexibility index (Phi) is 4.19. The highest BCUT2D eigenvalue weighted by Gasteiger charge is 2.47. The molecule has 1 aliphatic heterocycles. The first-order valence-corrected chi connectivity index (χ1v) is 6.80. The molecule has 0 unspecified atom stereocenters. The number of carboxylic acid groups (broad SMARTS) is 1. The van der Waals surface area contributed by atoms with Gasteiger partial charge in [0.05, 0.1) is 17.6 Å². The zero-order valence-corrected chi connectivity index (χ0v) is 12.2. The van der Waals surface area contributed by atoms with Crippen LogP contribution >= 0.6 is 0 Å². The molecule has 1 aromatic carbocycles. The molecule has 1 heterocycles. The lowest BCUT2D eigenvalue weighted by molar-refractivity contribution is -0.164. The molecule has 7 heteroatoms. The first-order valence-electron chi connectivity index (χ1n) is 6.80. The molecule has 0 aromatic heterocycles. The molecule has 0 saturated carbocycles. The van der Waals surface area contributed by atoms with E-state index in [-0.39, 0.29) is 12.0 Å². The molecule has 120 valence electrons. The summed E-state index contributed by atoms with van der Waals surface area (Å²) in [5.41, 5.74) is -1.03. The van der Waals surface area contributed by atoms with Crippen LogP contribution in [0.15, 0.2) is 18.2 Å². The van der Waals surface area contributed by atoms with E-state index < -0.39 is 47.6 Å². The maximum Gasteiger partial charge on any atom is 0.323 e. The minimum atomic E-state index is -1.23. The monoisotopic (exact) mass is 313 g/mol. The molecule has 0 spiro atoms. The summed E-state index contributed by atoms with van der Waals surface area (Å²) < 4.78 is 26.8.